The van der Waals surface area contributed by atoms with Gasteiger partial charge in [-0.3, -0.25) is 4.79 Å². The molecule has 2 rings (SSSR count). The van der Waals surface area contributed by atoms with Gasteiger partial charge in [0.2, 0.25) is 11.8 Å². The monoisotopic (exact) mass is 317 g/mol. The molecule has 0 saturated heterocycles. The van der Waals surface area contributed by atoms with E-state index in [1.165, 1.54) is 0 Å². The number of hydrogen-bond donors (Lipinski definition) is 1. The normalized spacial score (nSPS) is 12.0. The molecule has 1 aromatic carbocycles. The van der Waals surface area contributed by atoms with E-state index in [0.29, 0.717) is 23.9 Å². The van der Waals surface area contributed by atoms with Crippen LogP contribution < -0.4 is 10.1 Å². The summed E-state index contributed by atoms with van der Waals surface area (Å²) >= 11 is 0. The molecule has 1 atom stereocenters. The van der Waals surface area contributed by atoms with Crippen molar-refractivity contribution in [2.75, 3.05) is 7.11 Å². The molecule has 0 spiro atoms. The number of nitrogens with zero attached hydrogens (tertiary/aromatic N) is 2. The lowest BCUT2D eigenvalue weighted by molar-refractivity contribution is -0.121. The molecule has 0 saturated carbocycles. The predicted molar refractivity (Wildman–Crippen MR) is 86.2 cm³/mol. The molecule has 124 valence electrons. The Hall–Kier alpha value is -2.37. The van der Waals surface area contributed by atoms with Crippen molar-refractivity contribution in [3.8, 4) is 5.75 Å². The van der Waals surface area contributed by atoms with Gasteiger partial charge in [-0.2, -0.15) is 4.98 Å². The van der Waals surface area contributed by atoms with Crippen molar-refractivity contribution in [1.29, 1.82) is 0 Å². The van der Waals surface area contributed by atoms with Crippen molar-refractivity contribution in [1.82, 2.24) is 15.5 Å². The van der Waals surface area contributed by atoms with Gasteiger partial charge in [0.05, 0.1) is 7.11 Å². The number of benzene rings is 1. The van der Waals surface area contributed by atoms with Gasteiger partial charge >= 0.3 is 0 Å². The third-order valence-corrected chi connectivity index (χ3v) is 3.56. The molecule has 2 aromatic rings. The summed E-state index contributed by atoms with van der Waals surface area (Å²) in [5.41, 5.74) is 0.805. The second-order valence-corrected chi connectivity index (χ2v) is 5.37. The van der Waals surface area contributed by atoms with E-state index < -0.39 is 6.04 Å². The summed E-state index contributed by atoms with van der Waals surface area (Å²) in [6.07, 6.45) is 3.46. The Balaban J connectivity index is 2.24. The van der Waals surface area contributed by atoms with Crippen LogP contribution in [0.25, 0.3) is 0 Å². The second kappa shape index (κ2) is 8.31. The highest BCUT2D eigenvalue weighted by molar-refractivity contribution is 5.77. The predicted octanol–water partition coefficient (Wildman–Crippen LogP) is 3.17. The molecule has 0 unspecified atom stereocenters. The smallest absolute Gasteiger partial charge is 0.223 e. The topological polar surface area (TPSA) is 77.3 Å². The van der Waals surface area contributed by atoms with E-state index >= 15 is 0 Å². The summed E-state index contributed by atoms with van der Waals surface area (Å²) in [7, 11) is 1.60. The quantitative estimate of drug-likeness (QED) is 0.757. The first-order valence-corrected chi connectivity index (χ1v) is 7.88. The van der Waals surface area contributed by atoms with E-state index in [-0.39, 0.29) is 5.91 Å². The molecule has 6 heteroatoms. The first kappa shape index (κ1) is 17.0. The maximum Gasteiger partial charge on any atom is 0.223 e. The van der Waals surface area contributed by atoms with Crippen molar-refractivity contribution >= 4 is 5.91 Å². The molecule has 0 fully saturated rings. The van der Waals surface area contributed by atoms with Crippen LogP contribution in [-0.4, -0.2) is 23.2 Å². The van der Waals surface area contributed by atoms with Gasteiger partial charge in [0.25, 0.3) is 0 Å². The Morgan fingerprint density at radius 3 is 2.78 bits per heavy atom. The number of methoxy groups -OCH3 is 1. The zero-order chi connectivity index (χ0) is 16.7. The van der Waals surface area contributed by atoms with E-state index in [4.69, 9.17) is 9.26 Å². The molecule has 1 amide bonds. The summed E-state index contributed by atoms with van der Waals surface area (Å²) in [4.78, 5) is 16.5. The maximum atomic E-state index is 12.2. The van der Waals surface area contributed by atoms with Crippen molar-refractivity contribution in [3.05, 3.63) is 41.5 Å². The lowest BCUT2D eigenvalue weighted by Crippen LogP contribution is -2.30. The van der Waals surface area contributed by atoms with Crippen LogP contribution in [0.3, 0.4) is 0 Å². The molecule has 1 aromatic heterocycles. The van der Waals surface area contributed by atoms with Crippen molar-refractivity contribution in [2.45, 2.75) is 45.6 Å². The first-order chi connectivity index (χ1) is 11.2. The highest BCUT2D eigenvalue weighted by Gasteiger charge is 2.24. The molecular weight excluding hydrogens is 294 g/mol. The van der Waals surface area contributed by atoms with E-state index in [2.05, 4.69) is 22.4 Å². The average molecular weight is 317 g/mol. The van der Waals surface area contributed by atoms with Crippen LogP contribution in [-0.2, 0) is 4.79 Å². The fourth-order valence-electron chi connectivity index (χ4n) is 2.39. The Kier molecular flexibility index (Phi) is 6.14. The number of nitrogens with one attached hydrogen (secondary N) is 1. The van der Waals surface area contributed by atoms with Gasteiger partial charge < -0.3 is 14.6 Å². The van der Waals surface area contributed by atoms with Gasteiger partial charge in [0.1, 0.15) is 11.8 Å². The van der Waals surface area contributed by atoms with Gasteiger partial charge in [0, 0.05) is 18.9 Å². The number of carbonyl (C=O) groups is 1. The number of carbonyl (C=O) groups excluding carboxylic acids is 1. The van der Waals surface area contributed by atoms with Gasteiger partial charge in [-0.1, -0.05) is 43.1 Å². The second-order valence-electron chi connectivity index (χ2n) is 5.37. The maximum absolute atomic E-state index is 12.2. The Bertz CT molecular complexity index is 640. The van der Waals surface area contributed by atoms with E-state index in [1.54, 1.807) is 14.0 Å². The fraction of sp³-hybridized carbons (Fsp3) is 0.471. The number of para-hydroxylation sites is 1. The molecule has 0 aliphatic heterocycles. The summed E-state index contributed by atoms with van der Waals surface area (Å²) in [5, 5.41) is 6.95. The largest absolute Gasteiger partial charge is 0.496 e. The highest BCUT2D eigenvalue weighted by Crippen LogP contribution is 2.28. The lowest BCUT2D eigenvalue weighted by atomic mass is 10.0. The average Bonchev–Trinajstić information content (AvgIpc) is 2.99. The van der Waals surface area contributed by atoms with Crippen molar-refractivity contribution in [3.63, 3.8) is 0 Å². The van der Waals surface area contributed by atoms with Crippen LogP contribution in [0.15, 0.2) is 28.8 Å². The van der Waals surface area contributed by atoms with Crippen LogP contribution in [0, 0.1) is 6.92 Å². The summed E-state index contributed by atoms with van der Waals surface area (Å²) in [5.74, 6) is 1.53. The van der Waals surface area contributed by atoms with Crippen LogP contribution in [0.1, 0.15) is 55.9 Å². The minimum atomic E-state index is -0.488. The standard InChI is InChI=1S/C17H23N3O3/c1-4-5-6-11-15(21)19-16(17-18-12(2)23-20-17)13-9-7-8-10-14(13)22-3/h7-10,16H,4-6,11H2,1-3H3,(H,19,21)/t16-/m0/s1. The number of unbranched alkanes of at least 4 members (excludes halogenated alkanes) is 2. The van der Waals surface area contributed by atoms with E-state index in [9.17, 15) is 4.79 Å². The number of rotatable bonds is 8. The minimum Gasteiger partial charge on any atom is -0.496 e. The number of aryl methyl sites for hydroxylation is 1. The molecule has 0 aliphatic rings. The van der Waals surface area contributed by atoms with Crippen molar-refractivity contribution in [2.24, 2.45) is 0 Å². The Labute approximate surface area is 136 Å². The van der Waals surface area contributed by atoms with Gasteiger partial charge in [-0.25, -0.2) is 0 Å². The molecule has 1 N–H and O–H groups in total. The van der Waals surface area contributed by atoms with Gasteiger partial charge in [0.15, 0.2) is 5.82 Å². The number of hydrogen-bond acceptors (Lipinski definition) is 5. The van der Waals surface area contributed by atoms with Crippen LogP contribution >= 0.6 is 0 Å². The first-order valence-electron chi connectivity index (χ1n) is 7.88. The van der Waals surface area contributed by atoms with Crippen molar-refractivity contribution < 1.29 is 14.1 Å². The molecular formula is C17H23N3O3. The summed E-state index contributed by atoms with van der Waals surface area (Å²) in [6, 6.07) is 7.02. The van der Waals surface area contributed by atoms with Crippen LogP contribution in [0.4, 0.5) is 0 Å². The SMILES string of the molecule is CCCCCC(=O)N[C@H](c1noc(C)n1)c1ccccc1OC. The number of ether oxygens (including phenoxy) is 1. The molecule has 0 radical (unpaired) electrons. The summed E-state index contributed by atoms with van der Waals surface area (Å²) < 4.78 is 10.5. The number of aromatic nitrogens is 2. The summed E-state index contributed by atoms with van der Waals surface area (Å²) in [6.45, 7) is 3.83. The van der Waals surface area contributed by atoms with Gasteiger partial charge in [-0.05, 0) is 12.5 Å². The Morgan fingerprint density at radius 2 is 2.13 bits per heavy atom. The Morgan fingerprint density at radius 1 is 1.35 bits per heavy atom. The molecule has 0 bridgehead atoms. The molecule has 1 heterocycles. The van der Waals surface area contributed by atoms with Crippen LogP contribution in [0.5, 0.6) is 5.75 Å². The van der Waals surface area contributed by atoms with E-state index in [0.717, 1.165) is 24.8 Å². The molecule has 23 heavy (non-hydrogen) atoms. The number of amides is 1. The lowest BCUT2D eigenvalue weighted by Gasteiger charge is -2.18. The molecule has 0 aliphatic carbocycles. The minimum absolute atomic E-state index is 0.0307. The third kappa shape index (κ3) is 4.55. The zero-order valence-corrected chi connectivity index (χ0v) is 13.8. The third-order valence-electron chi connectivity index (χ3n) is 3.56. The van der Waals surface area contributed by atoms with Crippen LogP contribution in [0.2, 0.25) is 0 Å². The molecule has 6 nitrogen and oxygen atoms in total. The fourth-order valence-corrected chi connectivity index (χ4v) is 2.39. The highest BCUT2D eigenvalue weighted by atomic mass is 16.5. The van der Waals surface area contributed by atoms with Gasteiger partial charge in [-0.15, -0.1) is 0 Å². The van der Waals surface area contributed by atoms with E-state index in [1.807, 2.05) is 24.3 Å². The zero-order valence-electron chi connectivity index (χ0n) is 13.8.